The fourth-order valence-corrected chi connectivity index (χ4v) is 0.847. The lowest BCUT2D eigenvalue weighted by Crippen LogP contribution is -2.12. The fourth-order valence-electron chi connectivity index (χ4n) is 0.418. The Morgan fingerprint density at radius 2 is 2.33 bits per heavy atom. The van der Waals surface area contributed by atoms with Crippen LogP contribution in [0.1, 0.15) is 0 Å². The molecule has 0 unspecified atom stereocenters. The van der Waals surface area contributed by atoms with Gasteiger partial charge in [0.15, 0.2) is 5.04 Å². The van der Waals surface area contributed by atoms with Crippen LogP contribution in [-0.4, -0.2) is 30.9 Å². The highest BCUT2D eigenvalue weighted by atomic mass is 32.2. The Hall–Kier alpha value is -0.750. The van der Waals surface area contributed by atoms with Gasteiger partial charge in [-0.15, -0.1) is 0 Å². The van der Waals surface area contributed by atoms with Gasteiger partial charge in [0.05, 0.1) is 6.21 Å². The zero-order valence-corrected chi connectivity index (χ0v) is 5.17. The van der Waals surface area contributed by atoms with Crippen LogP contribution in [0.5, 0.6) is 0 Å². The van der Waals surface area contributed by atoms with E-state index in [9.17, 15) is 8.42 Å². The van der Waals surface area contributed by atoms with E-state index in [1.807, 2.05) is 0 Å². The van der Waals surface area contributed by atoms with Gasteiger partial charge in [0.1, 0.15) is 6.67 Å². The highest BCUT2D eigenvalue weighted by molar-refractivity contribution is 8.03. The predicted octanol–water partition coefficient (Wildman–Crippen LogP) is -0.685. The van der Waals surface area contributed by atoms with Gasteiger partial charge in [-0.1, -0.05) is 0 Å². The summed E-state index contributed by atoms with van der Waals surface area (Å²) in [5.74, 6) is 0. The van der Waals surface area contributed by atoms with Crippen molar-refractivity contribution >= 4 is 21.4 Å². The van der Waals surface area contributed by atoms with Crippen molar-refractivity contribution in [2.24, 2.45) is 9.98 Å². The van der Waals surface area contributed by atoms with E-state index in [0.29, 0.717) is 0 Å². The van der Waals surface area contributed by atoms with Crippen LogP contribution in [0.4, 0.5) is 0 Å². The topological polar surface area (TPSA) is 79.1 Å². The van der Waals surface area contributed by atoms with Gasteiger partial charge in [-0.05, 0) is 0 Å². The van der Waals surface area contributed by atoms with Crippen molar-refractivity contribution in [3.63, 3.8) is 0 Å². The van der Waals surface area contributed by atoms with Crippen LogP contribution in [0.2, 0.25) is 0 Å². The summed E-state index contributed by atoms with van der Waals surface area (Å²) in [4.78, 5) is 6.83. The van der Waals surface area contributed by atoms with Crippen molar-refractivity contribution in [3.8, 4) is 0 Å². The Morgan fingerprint density at radius 3 is 2.56 bits per heavy atom. The van der Waals surface area contributed by atoms with Gasteiger partial charge < -0.3 is 0 Å². The molecule has 50 valence electrons. The molecule has 0 aromatic rings. The second kappa shape index (κ2) is 1.89. The van der Waals surface area contributed by atoms with Crippen LogP contribution in [0.25, 0.3) is 0 Å². The first-order valence-electron chi connectivity index (χ1n) is 2.12. The Bertz CT molecular complexity index is 263. The van der Waals surface area contributed by atoms with Crippen LogP contribution < -0.4 is 0 Å². The largest absolute Gasteiger partial charge is 0.313 e. The molecule has 1 rings (SSSR count). The molecule has 9 heavy (non-hydrogen) atoms. The SMILES string of the molecule is O=S(=O)(O)C1=NCN=C1. The summed E-state index contributed by atoms with van der Waals surface area (Å²) in [5, 5.41) is -0.359. The molecule has 1 aliphatic heterocycles. The predicted molar refractivity (Wildman–Crippen MR) is 32.3 cm³/mol. The summed E-state index contributed by atoms with van der Waals surface area (Å²) in [5.41, 5.74) is 0. The number of rotatable bonds is 0. The average molecular weight is 148 g/mol. The second-order valence-corrected chi connectivity index (χ2v) is 2.79. The van der Waals surface area contributed by atoms with E-state index in [4.69, 9.17) is 4.55 Å². The summed E-state index contributed by atoms with van der Waals surface area (Å²) >= 11 is 0. The molecule has 0 amide bonds. The van der Waals surface area contributed by atoms with Gasteiger partial charge in [-0.2, -0.15) is 8.42 Å². The van der Waals surface area contributed by atoms with Crippen molar-refractivity contribution in [2.45, 2.75) is 0 Å². The molecule has 6 heteroatoms. The third kappa shape index (κ3) is 1.33. The summed E-state index contributed by atoms with van der Waals surface area (Å²) in [6.45, 7) is 0.0924. The summed E-state index contributed by atoms with van der Waals surface area (Å²) in [7, 11) is -4.10. The van der Waals surface area contributed by atoms with Gasteiger partial charge in [-0.3, -0.25) is 9.55 Å². The van der Waals surface area contributed by atoms with Crippen molar-refractivity contribution in [1.29, 1.82) is 0 Å². The first-order valence-corrected chi connectivity index (χ1v) is 3.56. The van der Waals surface area contributed by atoms with Crippen LogP contribution in [0.15, 0.2) is 9.98 Å². The smallest absolute Gasteiger partial charge is 0.281 e. The van der Waals surface area contributed by atoms with Gasteiger partial charge in [0.25, 0.3) is 0 Å². The molecule has 0 aromatic heterocycles. The van der Waals surface area contributed by atoms with Crippen LogP contribution in [0, 0.1) is 0 Å². The molecule has 1 heterocycles. The molecular weight excluding hydrogens is 144 g/mol. The maximum Gasteiger partial charge on any atom is 0.313 e. The summed E-state index contributed by atoms with van der Waals surface area (Å²) in [6.07, 6.45) is 1.02. The second-order valence-electron chi connectivity index (χ2n) is 1.42. The van der Waals surface area contributed by atoms with Gasteiger partial charge in [-0.25, -0.2) is 4.99 Å². The average Bonchev–Trinajstić information content (AvgIpc) is 2.08. The lowest BCUT2D eigenvalue weighted by Gasteiger charge is -1.85. The maximum absolute atomic E-state index is 10.2. The number of hydrogen-bond donors (Lipinski definition) is 1. The molecular formula is C3H4N2O3S. The van der Waals surface area contributed by atoms with E-state index in [1.54, 1.807) is 0 Å². The Labute approximate surface area is 51.9 Å². The van der Waals surface area contributed by atoms with Crippen LogP contribution in [-0.2, 0) is 10.1 Å². The number of nitrogens with zero attached hydrogens (tertiary/aromatic N) is 2. The first kappa shape index (κ1) is 6.37. The molecule has 0 saturated heterocycles. The molecule has 0 saturated carbocycles. The highest BCUT2D eigenvalue weighted by Crippen LogP contribution is 1.93. The number of hydrogen-bond acceptors (Lipinski definition) is 4. The van der Waals surface area contributed by atoms with Gasteiger partial charge in [0.2, 0.25) is 0 Å². The Morgan fingerprint density at radius 1 is 1.67 bits per heavy atom. The van der Waals surface area contributed by atoms with Crippen LogP contribution >= 0.6 is 0 Å². The maximum atomic E-state index is 10.2. The lowest BCUT2D eigenvalue weighted by atomic mass is 10.8. The van der Waals surface area contributed by atoms with E-state index in [2.05, 4.69) is 9.98 Å². The van der Waals surface area contributed by atoms with Crippen molar-refractivity contribution < 1.29 is 13.0 Å². The monoisotopic (exact) mass is 148 g/mol. The molecule has 1 N–H and O–H groups in total. The normalized spacial score (nSPS) is 18.1. The zero-order valence-electron chi connectivity index (χ0n) is 4.35. The minimum Gasteiger partial charge on any atom is -0.281 e. The van der Waals surface area contributed by atoms with E-state index in [1.165, 1.54) is 0 Å². The number of aliphatic imine (C=N–C) groups is 2. The molecule has 5 nitrogen and oxygen atoms in total. The van der Waals surface area contributed by atoms with E-state index >= 15 is 0 Å². The Balaban J connectivity index is 3.01. The highest BCUT2D eigenvalue weighted by Gasteiger charge is 2.14. The third-order valence-corrected chi connectivity index (χ3v) is 1.54. The standard InChI is InChI=1S/C3H4N2O3S/c6-9(7,8)3-1-4-2-5-3/h1H,2H2,(H,6,7,8). The zero-order chi connectivity index (χ0) is 6.91. The van der Waals surface area contributed by atoms with Crippen molar-refractivity contribution in [1.82, 2.24) is 0 Å². The van der Waals surface area contributed by atoms with E-state index in [0.717, 1.165) is 6.21 Å². The molecule has 0 radical (unpaired) electrons. The first-order chi connectivity index (χ1) is 4.11. The molecule has 0 atom stereocenters. The molecule has 0 aliphatic carbocycles. The van der Waals surface area contributed by atoms with E-state index in [-0.39, 0.29) is 11.7 Å². The Kier molecular flexibility index (Phi) is 1.34. The van der Waals surface area contributed by atoms with Gasteiger partial charge >= 0.3 is 10.1 Å². The minimum absolute atomic E-state index is 0.0924. The third-order valence-electron chi connectivity index (χ3n) is 0.774. The molecule has 0 spiro atoms. The van der Waals surface area contributed by atoms with Gasteiger partial charge in [0, 0.05) is 0 Å². The molecule has 0 fully saturated rings. The summed E-state index contributed by atoms with van der Waals surface area (Å²) in [6, 6.07) is 0. The van der Waals surface area contributed by atoms with Crippen molar-refractivity contribution in [3.05, 3.63) is 0 Å². The van der Waals surface area contributed by atoms with Crippen LogP contribution in [0.3, 0.4) is 0 Å². The molecule has 0 aromatic carbocycles. The molecule has 1 aliphatic rings. The van der Waals surface area contributed by atoms with Crippen molar-refractivity contribution in [2.75, 3.05) is 6.67 Å². The fraction of sp³-hybridized carbons (Fsp3) is 0.333. The molecule has 0 bridgehead atoms. The minimum atomic E-state index is -4.10. The quantitative estimate of drug-likeness (QED) is 0.462. The lowest BCUT2D eigenvalue weighted by molar-refractivity contribution is 0.498. The van der Waals surface area contributed by atoms with E-state index < -0.39 is 10.1 Å². The summed E-state index contributed by atoms with van der Waals surface area (Å²) < 4.78 is 28.6.